The van der Waals surface area contributed by atoms with Crippen LogP contribution in [0.3, 0.4) is 0 Å². The summed E-state index contributed by atoms with van der Waals surface area (Å²) in [6, 6.07) is 9.48. The van der Waals surface area contributed by atoms with Gasteiger partial charge in [-0.3, -0.25) is 4.79 Å². The Morgan fingerprint density at radius 1 is 1.07 bits per heavy atom. The monoisotopic (exact) mass is 420 g/mol. The summed E-state index contributed by atoms with van der Waals surface area (Å²) >= 11 is 0. The van der Waals surface area contributed by atoms with Crippen molar-refractivity contribution in [3.63, 3.8) is 0 Å². The van der Waals surface area contributed by atoms with Crippen molar-refractivity contribution in [2.75, 3.05) is 19.5 Å². The van der Waals surface area contributed by atoms with Crippen LogP contribution < -0.4 is 14.8 Å². The molecule has 29 heavy (non-hydrogen) atoms. The Morgan fingerprint density at radius 3 is 2.38 bits per heavy atom. The van der Waals surface area contributed by atoms with E-state index in [1.54, 1.807) is 0 Å². The van der Waals surface area contributed by atoms with E-state index in [2.05, 4.69) is 10.0 Å². The summed E-state index contributed by atoms with van der Waals surface area (Å²) < 4.78 is 36.7. The maximum Gasteiger partial charge on any atom is 0.338 e. The van der Waals surface area contributed by atoms with Gasteiger partial charge in [0.15, 0.2) is 6.10 Å². The van der Waals surface area contributed by atoms with Gasteiger partial charge in [0.1, 0.15) is 10.6 Å². The molecule has 0 unspecified atom stereocenters. The van der Waals surface area contributed by atoms with E-state index in [1.807, 2.05) is 32.0 Å². The number of ether oxygens (including phenoxy) is 2. The first-order valence-corrected chi connectivity index (χ1v) is 10.3. The third-order valence-electron chi connectivity index (χ3n) is 4.26. The predicted molar refractivity (Wildman–Crippen MR) is 109 cm³/mol. The number of esters is 1. The van der Waals surface area contributed by atoms with Crippen LogP contribution in [-0.2, 0) is 19.6 Å². The highest BCUT2D eigenvalue weighted by atomic mass is 32.2. The molecule has 156 valence electrons. The minimum atomic E-state index is -3.85. The van der Waals surface area contributed by atoms with E-state index >= 15 is 0 Å². The molecule has 1 amide bonds. The molecule has 8 nitrogen and oxygen atoms in total. The van der Waals surface area contributed by atoms with E-state index in [4.69, 9.17) is 9.47 Å². The molecule has 0 bridgehead atoms. The first kappa shape index (κ1) is 22.4. The van der Waals surface area contributed by atoms with Crippen LogP contribution in [0.25, 0.3) is 0 Å². The van der Waals surface area contributed by atoms with Crippen molar-refractivity contribution in [3.05, 3.63) is 53.1 Å². The first-order chi connectivity index (χ1) is 13.6. The second-order valence-electron chi connectivity index (χ2n) is 6.43. The molecule has 2 N–H and O–H groups in total. The smallest absolute Gasteiger partial charge is 0.338 e. The number of nitrogens with one attached hydrogen (secondary N) is 2. The van der Waals surface area contributed by atoms with Crippen molar-refractivity contribution >= 4 is 27.6 Å². The molecule has 2 rings (SSSR count). The minimum Gasteiger partial charge on any atom is -0.495 e. The summed E-state index contributed by atoms with van der Waals surface area (Å²) in [7, 11) is -1.28. The molecular weight excluding hydrogens is 396 g/mol. The lowest BCUT2D eigenvalue weighted by atomic mass is 10.1. The number of rotatable bonds is 7. The molecule has 1 atom stereocenters. The second-order valence-corrected chi connectivity index (χ2v) is 8.28. The second kappa shape index (κ2) is 9.06. The SMILES string of the molecule is CNS(=O)(=O)c1cc(C(=O)O[C@@H](C)C(=O)Nc2cc(C)ccc2C)ccc1OC. The Labute approximate surface area is 170 Å². The van der Waals surface area contributed by atoms with Gasteiger partial charge in [-0.25, -0.2) is 17.9 Å². The van der Waals surface area contributed by atoms with Crippen LogP contribution in [0.15, 0.2) is 41.3 Å². The number of anilines is 1. The molecule has 0 radical (unpaired) electrons. The third kappa shape index (κ3) is 5.33. The Kier molecular flexibility index (Phi) is 6.99. The van der Waals surface area contributed by atoms with Crippen LogP contribution in [-0.4, -0.2) is 40.6 Å². The van der Waals surface area contributed by atoms with Crippen LogP contribution in [0.5, 0.6) is 5.75 Å². The Hall–Kier alpha value is -2.91. The Morgan fingerprint density at radius 2 is 1.76 bits per heavy atom. The van der Waals surface area contributed by atoms with Gasteiger partial charge in [-0.1, -0.05) is 12.1 Å². The Balaban J connectivity index is 2.18. The van der Waals surface area contributed by atoms with Gasteiger partial charge >= 0.3 is 5.97 Å². The van der Waals surface area contributed by atoms with Crippen LogP contribution in [0.2, 0.25) is 0 Å². The van der Waals surface area contributed by atoms with Gasteiger partial charge in [0.05, 0.1) is 12.7 Å². The third-order valence-corrected chi connectivity index (χ3v) is 5.70. The van der Waals surface area contributed by atoms with Gasteiger partial charge in [-0.15, -0.1) is 0 Å². The molecule has 0 heterocycles. The molecule has 0 aliphatic heterocycles. The highest BCUT2D eigenvalue weighted by Crippen LogP contribution is 2.25. The zero-order valence-corrected chi connectivity index (χ0v) is 17.7. The number of amides is 1. The van der Waals surface area contributed by atoms with Gasteiger partial charge in [0.2, 0.25) is 10.0 Å². The van der Waals surface area contributed by atoms with Crippen molar-refractivity contribution in [3.8, 4) is 5.75 Å². The summed E-state index contributed by atoms with van der Waals surface area (Å²) in [6.45, 7) is 5.19. The van der Waals surface area contributed by atoms with Crippen molar-refractivity contribution in [2.45, 2.75) is 31.8 Å². The number of carbonyl (C=O) groups is 2. The van der Waals surface area contributed by atoms with Crippen LogP contribution in [0.1, 0.15) is 28.4 Å². The van der Waals surface area contributed by atoms with Gasteiger partial charge in [-0.2, -0.15) is 0 Å². The number of aryl methyl sites for hydroxylation is 2. The van der Waals surface area contributed by atoms with Gasteiger partial charge < -0.3 is 14.8 Å². The maximum absolute atomic E-state index is 12.4. The summed E-state index contributed by atoms with van der Waals surface area (Å²) in [6.07, 6.45) is -1.09. The van der Waals surface area contributed by atoms with E-state index in [9.17, 15) is 18.0 Å². The quantitative estimate of drug-likeness (QED) is 0.666. The standard InChI is InChI=1S/C20H24N2O6S/c1-12-6-7-13(2)16(10-12)22-19(23)14(3)28-20(24)15-8-9-17(27-5)18(11-15)29(25,26)21-4/h6-11,14,21H,1-5H3,(H,22,23)/t14-/m0/s1. The molecular formula is C20H24N2O6S. The average Bonchev–Trinajstić information content (AvgIpc) is 2.69. The largest absolute Gasteiger partial charge is 0.495 e. The first-order valence-electron chi connectivity index (χ1n) is 8.79. The normalized spacial score (nSPS) is 12.2. The fourth-order valence-corrected chi connectivity index (χ4v) is 3.43. The lowest BCUT2D eigenvalue weighted by Gasteiger charge is -2.16. The number of sulfonamides is 1. The molecule has 0 aliphatic rings. The summed E-state index contributed by atoms with van der Waals surface area (Å²) in [5.74, 6) is -1.25. The molecule has 2 aromatic rings. The zero-order valence-electron chi connectivity index (χ0n) is 16.9. The molecule has 0 saturated carbocycles. The number of benzene rings is 2. The van der Waals surface area contributed by atoms with Crippen LogP contribution in [0.4, 0.5) is 5.69 Å². The fourth-order valence-electron chi connectivity index (χ4n) is 2.51. The van der Waals surface area contributed by atoms with Crippen molar-refractivity contribution in [2.24, 2.45) is 0 Å². The number of carbonyl (C=O) groups excluding carboxylic acids is 2. The number of hydrogen-bond acceptors (Lipinski definition) is 6. The van der Waals surface area contributed by atoms with E-state index < -0.39 is 28.0 Å². The van der Waals surface area contributed by atoms with Gasteiger partial charge in [0, 0.05) is 5.69 Å². The minimum absolute atomic E-state index is 0.0222. The Bertz CT molecular complexity index is 1030. The zero-order chi connectivity index (χ0) is 21.8. The number of methoxy groups -OCH3 is 1. The summed E-state index contributed by atoms with van der Waals surface area (Å²) in [5.41, 5.74) is 2.46. The van der Waals surface area contributed by atoms with Crippen LogP contribution >= 0.6 is 0 Å². The van der Waals surface area contributed by atoms with Crippen molar-refractivity contribution < 1.29 is 27.5 Å². The molecule has 0 fully saturated rings. The topological polar surface area (TPSA) is 111 Å². The lowest BCUT2D eigenvalue weighted by Crippen LogP contribution is -2.30. The van der Waals surface area contributed by atoms with E-state index in [1.165, 1.54) is 33.2 Å². The van der Waals surface area contributed by atoms with Crippen LogP contribution in [0, 0.1) is 13.8 Å². The average molecular weight is 420 g/mol. The highest BCUT2D eigenvalue weighted by Gasteiger charge is 2.23. The van der Waals surface area contributed by atoms with E-state index in [0.717, 1.165) is 17.2 Å². The molecule has 0 aromatic heterocycles. The number of hydrogen-bond donors (Lipinski definition) is 2. The van der Waals surface area contributed by atoms with Gasteiger partial charge in [-0.05, 0) is 63.2 Å². The van der Waals surface area contributed by atoms with E-state index in [-0.39, 0.29) is 16.2 Å². The van der Waals surface area contributed by atoms with Crippen molar-refractivity contribution in [1.82, 2.24) is 4.72 Å². The molecule has 0 spiro atoms. The molecule has 2 aromatic carbocycles. The molecule has 0 saturated heterocycles. The summed E-state index contributed by atoms with van der Waals surface area (Å²) in [4.78, 5) is 24.6. The summed E-state index contributed by atoms with van der Waals surface area (Å²) in [5, 5.41) is 2.73. The highest BCUT2D eigenvalue weighted by molar-refractivity contribution is 7.89. The van der Waals surface area contributed by atoms with E-state index in [0.29, 0.717) is 5.69 Å². The molecule has 0 aliphatic carbocycles. The lowest BCUT2D eigenvalue weighted by molar-refractivity contribution is -0.123. The molecule has 9 heteroatoms. The fraction of sp³-hybridized carbons (Fsp3) is 0.300. The predicted octanol–water partition coefficient (Wildman–Crippen LogP) is 2.40. The van der Waals surface area contributed by atoms with Gasteiger partial charge in [0.25, 0.3) is 5.91 Å². The van der Waals surface area contributed by atoms with Crippen molar-refractivity contribution in [1.29, 1.82) is 0 Å². The maximum atomic E-state index is 12.4.